The summed E-state index contributed by atoms with van der Waals surface area (Å²) in [6, 6.07) is 6.21. The van der Waals surface area contributed by atoms with Gasteiger partial charge in [-0.1, -0.05) is 42.3 Å². The number of hydrogen-bond acceptors (Lipinski definition) is 2. The highest BCUT2D eigenvalue weighted by Crippen LogP contribution is 2.52. The molecule has 0 N–H and O–H groups in total. The second kappa shape index (κ2) is 5.74. The van der Waals surface area contributed by atoms with Crippen molar-refractivity contribution >= 4 is 15.9 Å². The predicted octanol–water partition coefficient (Wildman–Crippen LogP) is 4.97. The van der Waals surface area contributed by atoms with E-state index in [1.54, 1.807) is 14.2 Å². The first-order valence-electron chi connectivity index (χ1n) is 6.85. The summed E-state index contributed by atoms with van der Waals surface area (Å²) in [5, 5.41) is 0. The van der Waals surface area contributed by atoms with E-state index in [4.69, 9.17) is 9.47 Å². The molecular weight excluding hydrogens is 304 g/mol. The Labute approximate surface area is 124 Å². The Hall–Kier alpha value is -0.700. The summed E-state index contributed by atoms with van der Waals surface area (Å²) in [4.78, 5) is 0.379. The van der Waals surface area contributed by atoms with Crippen LogP contribution in [0.4, 0.5) is 0 Å². The molecule has 1 aliphatic rings. The van der Waals surface area contributed by atoms with Crippen LogP contribution in [0, 0.1) is 11.3 Å². The highest BCUT2D eigenvalue weighted by molar-refractivity contribution is 9.09. The number of hydrogen-bond donors (Lipinski definition) is 0. The molecule has 0 amide bonds. The molecule has 2 unspecified atom stereocenters. The summed E-state index contributed by atoms with van der Waals surface area (Å²) in [6.07, 6.45) is 3.93. The number of benzene rings is 1. The zero-order chi connectivity index (χ0) is 14.0. The molecule has 0 aliphatic heterocycles. The Morgan fingerprint density at radius 2 is 1.89 bits per heavy atom. The van der Waals surface area contributed by atoms with E-state index < -0.39 is 0 Å². The van der Waals surface area contributed by atoms with Gasteiger partial charge in [0.1, 0.15) is 0 Å². The molecule has 0 spiro atoms. The Balaban J connectivity index is 2.26. The van der Waals surface area contributed by atoms with Gasteiger partial charge in [0.25, 0.3) is 0 Å². The van der Waals surface area contributed by atoms with Crippen LogP contribution >= 0.6 is 15.9 Å². The fourth-order valence-corrected chi connectivity index (χ4v) is 4.42. The summed E-state index contributed by atoms with van der Waals surface area (Å²) >= 11 is 3.90. The van der Waals surface area contributed by atoms with Crippen molar-refractivity contribution in [2.75, 3.05) is 14.2 Å². The van der Waals surface area contributed by atoms with Crippen LogP contribution in [0.2, 0.25) is 0 Å². The lowest BCUT2D eigenvalue weighted by atomic mass is 9.78. The molecule has 2 rings (SSSR count). The third-order valence-electron chi connectivity index (χ3n) is 4.42. The van der Waals surface area contributed by atoms with Crippen LogP contribution in [0.3, 0.4) is 0 Å². The number of methoxy groups -OCH3 is 2. The van der Waals surface area contributed by atoms with Gasteiger partial charge >= 0.3 is 0 Å². The van der Waals surface area contributed by atoms with E-state index in [1.165, 1.54) is 24.8 Å². The molecule has 0 aromatic heterocycles. The van der Waals surface area contributed by atoms with Crippen LogP contribution in [0.15, 0.2) is 18.2 Å². The first kappa shape index (κ1) is 14.7. The van der Waals surface area contributed by atoms with Crippen molar-refractivity contribution in [3.63, 3.8) is 0 Å². The van der Waals surface area contributed by atoms with Gasteiger partial charge in [-0.2, -0.15) is 0 Å². The van der Waals surface area contributed by atoms with Crippen LogP contribution < -0.4 is 9.47 Å². The fourth-order valence-electron chi connectivity index (χ4n) is 3.15. The molecule has 2 atom stereocenters. The largest absolute Gasteiger partial charge is 0.493 e. The third-order valence-corrected chi connectivity index (χ3v) is 5.59. The summed E-state index contributed by atoms with van der Waals surface area (Å²) in [5.74, 6) is 2.27. The maximum Gasteiger partial charge on any atom is 0.161 e. The Morgan fingerprint density at radius 3 is 2.42 bits per heavy atom. The average molecular weight is 327 g/mol. The van der Waals surface area contributed by atoms with E-state index in [1.807, 2.05) is 6.07 Å². The van der Waals surface area contributed by atoms with Gasteiger partial charge in [0, 0.05) is 4.83 Å². The van der Waals surface area contributed by atoms with Gasteiger partial charge in [-0.05, 0) is 41.9 Å². The Kier molecular flexibility index (Phi) is 4.44. The average Bonchev–Trinajstić information content (AvgIpc) is 2.76. The molecule has 0 radical (unpaired) electrons. The molecule has 3 heteroatoms. The van der Waals surface area contributed by atoms with E-state index in [0.29, 0.717) is 16.2 Å². The number of rotatable bonds is 4. The summed E-state index contributed by atoms with van der Waals surface area (Å²) in [6.45, 7) is 4.75. The number of halogens is 1. The molecule has 0 saturated heterocycles. The van der Waals surface area contributed by atoms with E-state index in [0.717, 1.165) is 11.5 Å². The van der Waals surface area contributed by atoms with Gasteiger partial charge in [-0.15, -0.1) is 0 Å². The van der Waals surface area contributed by atoms with Gasteiger partial charge < -0.3 is 9.47 Å². The fraction of sp³-hybridized carbons (Fsp3) is 0.625. The highest BCUT2D eigenvalue weighted by atomic mass is 79.9. The standard InChI is InChI=1S/C16H23BrO2/c1-16(2)9-5-6-12(16)15(17)11-7-8-13(18-3)14(10-11)19-4/h7-8,10,12,15H,5-6,9H2,1-4H3. The summed E-state index contributed by atoms with van der Waals surface area (Å²) in [7, 11) is 3.35. The third kappa shape index (κ3) is 2.91. The lowest BCUT2D eigenvalue weighted by molar-refractivity contribution is 0.256. The van der Waals surface area contributed by atoms with E-state index in [2.05, 4.69) is 41.9 Å². The van der Waals surface area contributed by atoms with Crippen LogP contribution in [0.1, 0.15) is 43.5 Å². The lowest BCUT2D eigenvalue weighted by Gasteiger charge is -2.31. The van der Waals surface area contributed by atoms with E-state index in [9.17, 15) is 0 Å². The number of alkyl halides is 1. The molecular formula is C16H23BrO2. The molecule has 2 nitrogen and oxygen atoms in total. The van der Waals surface area contributed by atoms with E-state index >= 15 is 0 Å². The Bertz CT molecular complexity index is 442. The molecule has 1 aromatic carbocycles. The van der Waals surface area contributed by atoms with Crippen molar-refractivity contribution < 1.29 is 9.47 Å². The zero-order valence-electron chi connectivity index (χ0n) is 12.2. The second-order valence-electron chi connectivity index (χ2n) is 6.00. The van der Waals surface area contributed by atoms with Gasteiger partial charge in [-0.25, -0.2) is 0 Å². The van der Waals surface area contributed by atoms with Crippen molar-refractivity contribution in [1.29, 1.82) is 0 Å². The lowest BCUT2D eigenvalue weighted by Crippen LogP contribution is -2.21. The minimum atomic E-state index is 0.379. The SMILES string of the molecule is COc1ccc(C(Br)C2CCCC2(C)C)cc1OC. The van der Waals surface area contributed by atoms with Gasteiger partial charge in [-0.3, -0.25) is 0 Å². The van der Waals surface area contributed by atoms with E-state index in [-0.39, 0.29) is 0 Å². The molecule has 19 heavy (non-hydrogen) atoms. The van der Waals surface area contributed by atoms with Crippen LogP contribution in [0.25, 0.3) is 0 Å². The van der Waals surface area contributed by atoms with Gasteiger partial charge in [0.2, 0.25) is 0 Å². The van der Waals surface area contributed by atoms with Gasteiger partial charge in [0.05, 0.1) is 14.2 Å². The van der Waals surface area contributed by atoms with Crippen molar-refractivity contribution in [3.8, 4) is 11.5 Å². The van der Waals surface area contributed by atoms with Crippen molar-refractivity contribution in [1.82, 2.24) is 0 Å². The van der Waals surface area contributed by atoms with Gasteiger partial charge in [0.15, 0.2) is 11.5 Å². The minimum Gasteiger partial charge on any atom is -0.493 e. The van der Waals surface area contributed by atoms with Crippen LogP contribution in [0.5, 0.6) is 11.5 Å². The molecule has 1 fully saturated rings. The topological polar surface area (TPSA) is 18.5 Å². The van der Waals surface area contributed by atoms with Crippen LogP contribution in [-0.4, -0.2) is 14.2 Å². The first-order chi connectivity index (χ1) is 8.99. The summed E-state index contributed by atoms with van der Waals surface area (Å²) in [5.41, 5.74) is 1.68. The first-order valence-corrected chi connectivity index (χ1v) is 7.77. The maximum absolute atomic E-state index is 5.40. The smallest absolute Gasteiger partial charge is 0.161 e. The zero-order valence-corrected chi connectivity index (χ0v) is 13.8. The molecule has 1 aliphatic carbocycles. The predicted molar refractivity (Wildman–Crippen MR) is 82.3 cm³/mol. The molecule has 106 valence electrons. The van der Waals surface area contributed by atoms with Crippen molar-refractivity contribution in [2.45, 2.75) is 37.9 Å². The van der Waals surface area contributed by atoms with Crippen LogP contribution in [-0.2, 0) is 0 Å². The highest BCUT2D eigenvalue weighted by Gasteiger charge is 2.39. The normalized spacial score (nSPS) is 23.1. The molecule has 0 bridgehead atoms. The molecule has 1 aromatic rings. The summed E-state index contributed by atoms with van der Waals surface area (Å²) < 4.78 is 10.7. The Morgan fingerprint density at radius 1 is 1.21 bits per heavy atom. The number of ether oxygens (including phenoxy) is 2. The minimum absolute atomic E-state index is 0.379. The van der Waals surface area contributed by atoms with Crippen molar-refractivity contribution in [3.05, 3.63) is 23.8 Å². The molecule has 0 heterocycles. The monoisotopic (exact) mass is 326 g/mol. The quantitative estimate of drug-likeness (QED) is 0.727. The van der Waals surface area contributed by atoms with Crippen molar-refractivity contribution in [2.24, 2.45) is 11.3 Å². The maximum atomic E-state index is 5.40. The second-order valence-corrected chi connectivity index (χ2v) is 6.99. The molecule has 1 saturated carbocycles.